The fraction of sp³-hybridized carbons (Fsp3) is 0.647. The number of para-hydroxylation sites is 1. The molecule has 3 rings (SSSR count). The van der Waals surface area contributed by atoms with Gasteiger partial charge in [0.25, 0.3) is 0 Å². The van der Waals surface area contributed by atoms with Crippen molar-refractivity contribution in [2.24, 2.45) is 5.73 Å². The molecular formula is C17H27N3O. The van der Waals surface area contributed by atoms with Crippen molar-refractivity contribution in [1.82, 2.24) is 9.80 Å². The Bertz CT molecular complexity index is 465. The lowest BCUT2D eigenvalue weighted by Crippen LogP contribution is -2.38. The van der Waals surface area contributed by atoms with E-state index < -0.39 is 0 Å². The average molecular weight is 289 g/mol. The Morgan fingerprint density at radius 3 is 2.86 bits per heavy atom. The van der Waals surface area contributed by atoms with Crippen LogP contribution in [0.1, 0.15) is 24.8 Å². The largest absolute Gasteiger partial charge is 0.492 e. The molecule has 2 bridgehead atoms. The predicted molar refractivity (Wildman–Crippen MR) is 85.5 cm³/mol. The van der Waals surface area contributed by atoms with E-state index >= 15 is 0 Å². The number of nitrogens with two attached hydrogens (primary N) is 1. The summed E-state index contributed by atoms with van der Waals surface area (Å²) in [5, 5.41) is 0. The Morgan fingerprint density at radius 1 is 1.19 bits per heavy atom. The first kappa shape index (κ1) is 14.8. The Hall–Kier alpha value is -1.10. The number of likely N-dealkylation sites (N-methyl/N-ethyl adjacent to an activating group) is 1. The van der Waals surface area contributed by atoms with E-state index in [9.17, 15) is 0 Å². The highest BCUT2D eigenvalue weighted by atomic mass is 16.5. The fourth-order valence-electron chi connectivity index (χ4n) is 3.68. The average Bonchev–Trinajstić information content (AvgIpc) is 2.75. The maximum Gasteiger partial charge on any atom is 0.123 e. The lowest BCUT2D eigenvalue weighted by Gasteiger charge is -2.25. The fourth-order valence-corrected chi connectivity index (χ4v) is 3.68. The van der Waals surface area contributed by atoms with Crippen molar-refractivity contribution in [3.63, 3.8) is 0 Å². The number of hydrogen-bond donors (Lipinski definition) is 1. The van der Waals surface area contributed by atoms with Crippen molar-refractivity contribution in [1.29, 1.82) is 0 Å². The highest BCUT2D eigenvalue weighted by molar-refractivity contribution is 5.32. The zero-order valence-corrected chi connectivity index (χ0v) is 13.0. The molecule has 2 unspecified atom stereocenters. The van der Waals surface area contributed by atoms with Gasteiger partial charge in [0.05, 0.1) is 0 Å². The summed E-state index contributed by atoms with van der Waals surface area (Å²) in [4.78, 5) is 5.15. The van der Waals surface area contributed by atoms with Crippen LogP contribution < -0.4 is 10.5 Å². The quantitative estimate of drug-likeness (QED) is 0.896. The summed E-state index contributed by atoms with van der Waals surface area (Å²) in [6.07, 6.45) is 4.04. The van der Waals surface area contributed by atoms with Gasteiger partial charge in [-0.05, 0) is 38.9 Å². The van der Waals surface area contributed by atoms with Crippen LogP contribution in [0, 0.1) is 0 Å². The van der Waals surface area contributed by atoms with Gasteiger partial charge in [0.15, 0.2) is 0 Å². The van der Waals surface area contributed by atoms with E-state index in [1.165, 1.54) is 32.4 Å². The van der Waals surface area contributed by atoms with Gasteiger partial charge in [-0.25, -0.2) is 0 Å². The van der Waals surface area contributed by atoms with Crippen molar-refractivity contribution in [3.05, 3.63) is 29.8 Å². The van der Waals surface area contributed by atoms with Crippen LogP contribution in [0.3, 0.4) is 0 Å². The molecule has 0 amide bonds. The molecule has 0 saturated carbocycles. The maximum absolute atomic E-state index is 5.94. The van der Waals surface area contributed by atoms with Gasteiger partial charge < -0.3 is 10.5 Å². The van der Waals surface area contributed by atoms with Crippen molar-refractivity contribution < 1.29 is 4.74 Å². The van der Waals surface area contributed by atoms with Crippen LogP contribution in [0.25, 0.3) is 0 Å². The molecule has 4 nitrogen and oxygen atoms in total. The van der Waals surface area contributed by atoms with Gasteiger partial charge in [-0.15, -0.1) is 0 Å². The molecule has 21 heavy (non-hydrogen) atoms. The van der Waals surface area contributed by atoms with E-state index in [1.807, 2.05) is 24.3 Å². The maximum atomic E-state index is 5.94. The van der Waals surface area contributed by atoms with Crippen LogP contribution >= 0.6 is 0 Å². The van der Waals surface area contributed by atoms with E-state index in [4.69, 9.17) is 10.5 Å². The first-order chi connectivity index (χ1) is 10.3. The molecule has 1 aromatic carbocycles. The molecule has 116 valence electrons. The van der Waals surface area contributed by atoms with Crippen molar-refractivity contribution in [2.45, 2.75) is 37.9 Å². The van der Waals surface area contributed by atoms with Gasteiger partial charge in [-0.2, -0.15) is 0 Å². The zero-order chi connectivity index (χ0) is 14.7. The molecule has 4 heteroatoms. The summed E-state index contributed by atoms with van der Waals surface area (Å²) >= 11 is 0. The molecule has 2 heterocycles. The van der Waals surface area contributed by atoms with Crippen LogP contribution in [0.5, 0.6) is 5.75 Å². The van der Waals surface area contributed by atoms with E-state index in [2.05, 4.69) is 16.8 Å². The Labute approximate surface area is 127 Å². The standard InChI is InChI=1S/C17H27N3O/c1-19-15-6-7-16(19)13-20(9-8-15)10-11-21-17-5-3-2-4-14(17)12-18/h2-5,15-16H,6-13,18H2,1H3. The SMILES string of the molecule is CN1C2CCC1CN(CCOc1ccccc1CN)CC2. The first-order valence-electron chi connectivity index (χ1n) is 8.13. The molecular weight excluding hydrogens is 262 g/mol. The molecule has 1 aromatic rings. The number of hydrogen-bond acceptors (Lipinski definition) is 4. The van der Waals surface area contributed by atoms with Gasteiger partial charge in [0, 0.05) is 37.3 Å². The van der Waals surface area contributed by atoms with Crippen LogP contribution in [0.2, 0.25) is 0 Å². The van der Waals surface area contributed by atoms with Gasteiger partial charge in [-0.1, -0.05) is 18.2 Å². The van der Waals surface area contributed by atoms with Crippen molar-refractivity contribution in [2.75, 3.05) is 33.3 Å². The third-order valence-electron chi connectivity index (χ3n) is 5.09. The smallest absolute Gasteiger partial charge is 0.123 e. The predicted octanol–water partition coefficient (Wildman–Crippen LogP) is 1.69. The summed E-state index contributed by atoms with van der Waals surface area (Å²) in [5.74, 6) is 0.938. The van der Waals surface area contributed by atoms with Crippen LogP contribution in [-0.2, 0) is 6.54 Å². The van der Waals surface area contributed by atoms with Crippen LogP contribution in [0.4, 0.5) is 0 Å². The van der Waals surface area contributed by atoms with Gasteiger partial charge >= 0.3 is 0 Å². The third kappa shape index (κ3) is 3.39. The molecule has 0 aromatic heterocycles. The minimum Gasteiger partial charge on any atom is -0.492 e. The minimum absolute atomic E-state index is 0.536. The summed E-state index contributed by atoms with van der Waals surface area (Å²) < 4.78 is 5.94. The zero-order valence-electron chi connectivity index (χ0n) is 13.0. The minimum atomic E-state index is 0.536. The number of likely N-dealkylation sites (tertiary alicyclic amines) is 1. The molecule has 0 aliphatic carbocycles. The van der Waals surface area contributed by atoms with Crippen LogP contribution in [-0.4, -0.2) is 55.2 Å². The van der Waals surface area contributed by atoms with Crippen molar-refractivity contribution in [3.8, 4) is 5.75 Å². The normalized spacial score (nSPS) is 26.8. The molecule has 2 aliphatic heterocycles. The molecule has 2 atom stereocenters. The Kier molecular flexibility index (Phi) is 4.78. The van der Waals surface area contributed by atoms with Crippen LogP contribution in [0.15, 0.2) is 24.3 Å². The number of nitrogens with zero attached hydrogens (tertiary/aromatic N) is 2. The molecule has 2 N–H and O–H groups in total. The summed E-state index contributed by atoms with van der Waals surface area (Å²) in [7, 11) is 2.29. The van der Waals surface area contributed by atoms with E-state index in [1.54, 1.807) is 0 Å². The molecule has 2 saturated heterocycles. The topological polar surface area (TPSA) is 41.7 Å². The summed E-state index contributed by atoms with van der Waals surface area (Å²) in [6, 6.07) is 9.62. The molecule has 0 spiro atoms. The second-order valence-electron chi connectivity index (χ2n) is 6.30. The third-order valence-corrected chi connectivity index (χ3v) is 5.09. The number of benzene rings is 1. The van der Waals surface area contributed by atoms with Crippen molar-refractivity contribution >= 4 is 0 Å². The molecule has 2 fully saturated rings. The second-order valence-corrected chi connectivity index (χ2v) is 6.30. The van der Waals surface area contributed by atoms with E-state index in [0.29, 0.717) is 6.54 Å². The molecule has 2 aliphatic rings. The summed E-state index contributed by atoms with van der Waals surface area (Å²) in [6.45, 7) is 4.69. The van der Waals surface area contributed by atoms with Gasteiger partial charge in [-0.3, -0.25) is 9.80 Å². The molecule has 0 radical (unpaired) electrons. The highest BCUT2D eigenvalue weighted by Crippen LogP contribution is 2.28. The Morgan fingerprint density at radius 2 is 2.00 bits per heavy atom. The Balaban J connectivity index is 1.49. The first-order valence-corrected chi connectivity index (χ1v) is 8.13. The summed E-state index contributed by atoms with van der Waals surface area (Å²) in [5.41, 5.74) is 6.84. The van der Waals surface area contributed by atoms with E-state index in [-0.39, 0.29) is 0 Å². The van der Waals surface area contributed by atoms with Gasteiger partial charge in [0.2, 0.25) is 0 Å². The van der Waals surface area contributed by atoms with Gasteiger partial charge in [0.1, 0.15) is 12.4 Å². The highest BCUT2D eigenvalue weighted by Gasteiger charge is 2.34. The number of rotatable bonds is 5. The number of fused-ring (bicyclic) bond motifs is 2. The lowest BCUT2D eigenvalue weighted by molar-refractivity contribution is 0.187. The number of ether oxygens (including phenoxy) is 1. The lowest BCUT2D eigenvalue weighted by atomic mass is 10.1. The second kappa shape index (κ2) is 6.77. The monoisotopic (exact) mass is 289 g/mol. The van der Waals surface area contributed by atoms with E-state index in [0.717, 1.165) is 36.5 Å².